The van der Waals surface area contributed by atoms with Crippen molar-refractivity contribution in [2.75, 3.05) is 0 Å². The minimum atomic E-state index is -0.534. The van der Waals surface area contributed by atoms with Gasteiger partial charge in [0.05, 0.1) is 11.0 Å². The van der Waals surface area contributed by atoms with Crippen LogP contribution < -0.4 is 0 Å². The van der Waals surface area contributed by atoms with Gasteiger partial charge in [-0.15, -0.1) is 0 Å². The summed E-state index contributed by atoms with van der Waals surface area (Å²) in [7, 11) is 0. The Morgan fingerprint density at radius 2 is 2.33 bits per heavy atom. The summed E-state index contributed by atoms with van der Waals surface area (Å²) in [5, 5.41) is 0. The van der Waals surface area contributed by atoms with Crippen molar-refractivity contribution in [3.05, 3.63) is 29.6 Å². The molecule has 1 aromatic carbocycles. The highest BCUT2D eigenvalue weighted by molar-refractivity contribution is 5.78. The molecule has 1 N–H and O–H groups in total. The summed E-state index contributed by atoms with van der Waals surface area (Å²) < 4.78 is 12.2. The van der Waals surface area contributed by atoms with Crippen molar-refractivity contribution < 1.29 is 4.39 Å². The number of imidazole rings is 1. The van der Waals surface area contributed by atoms with Crippen LogP contribution >= 0.6 is 0 Å². The number of fused-ring (bicyclic) bond motifs is 1. The predicted molar refractivity (Wildman–Crippen MR) is 45.6 cm³/mol. The van der Waals surface area contributed by atoms with E-state index in [-0.39, 0.29) is 0 Å². The van der Waals surface area contributed by atoms with Gasteiger partial charge in [0.1, 0.15) is 12.5 Å². The molecule has 3 heteroatoms. The van der Waals surface area contributed by atoms with Gasteiger partial charge in [-0.2, -0.15) is 0 Å². The molecule has 0 amide bonds. The molecule has 0 bridgehead atoms. The summed E-state index contributed by atoms with van der Waals surface area (Å²) in [6.45, 7) is 1.43. The van der Waals surface area contributed by atoms with E-state index in [1.165, 1.54) is 0 Å². The third kappa shape index (κ3) is 0.978. The number of rotatable bonds is 1. The van der Waals surface area contributed by atoms with Gasteiger partial charge in [0.2, 0.25) is 0 Å². The van der Waals surface area contributed by atoms with E-state index >= 15 is 0 Å². The number of H-pyrrole nitrogens is 1. The lowest BCUT2D eigenvalue weighted by atomic mass is 10.2. The van der Waals surface area contributed by atoms with E-state index in [1.807, 2.05) is 25.1 Å². The summed E-state index contributed by atoms with van der Waals surface area (Å²) in [6, 6.07) is 5.79. The van der Waals surface area contributed by atoms with Crippen LogP contribution in [0.15, 0.2) is 18.2 Å². The molecule has 0 unspecified atom stereocenters. The molecule has 0 fully saturated rings. The van der Waals surface area contributed by atoms with Crippen LogP contribution in [0.4, 0.5) is 4.39 Å². The number of nitrogens with zero attached hydrogens (tertiary/aromatic N) is 1. The van der Waals surface area contributed by atoms with Crippen LogP contribution in [0.25, 0.3) is 11.0 Å². The molecule has 2 rings (SSSR count). The first-order valence-corrected chi connectivity index (χ1v) is 3.81. The molecule has 0 saturated carbocycles. The number of alkyl halides is 1. The smallest absolute Gasteiger partial charge is 0.147 e. The van der Waals surface area contributed by atoms with Gasteiger partial charge in [-0.25, -0.2) is 9.37 Å². The maximum absolute atomic E-state index is 12.2. The average molecular weight is 164 g/mol. The van der Waals surface area contributed by atoms with E-state index in [0.29, 0.717) is 5.82 Å². The Morgan fingerprint density at radius 3 is 3.00 bits per heavy atom. The van der Waals surface area contributed by atoms with Gasteiger partial charge < -0.3 is 4.98 Å². The van der Waals surface area contributed by atoms with Gasteiger partial charge in [0, 0.05) is 0 Å². The molecule has 0 spiro atoms. The van der Waals surface area contributed by atoms with Crippen molar-refractivity contribution in [2.24, 2.45) is 0 Å². The number of benzene rings is 1. The topological polar surface area (TPSA) is 28.7 Å². The Balaban J connectivity index is 2.74. The molecule has 62 valence electrons. The molecule has 0 radical (unpaired) electrons. The molecule has 1 aromatic heterocycles. The van der Waals surface area contributed by atoms with Crippen molar-refractivity contribution >= 4 is 11.0 Å². The molecular weight excluding hydrogens is 155 g/mol. The summed E-state index contributed by atoms with van der Waals surface area (Å²) in [6.07, 6.45) is 0. The van der Waals surface area contributed by atoms with Gasteiger partial charge >= 0.3 is 0 Å². The van der Waals surface area contributed by atoms with Crippen molar-refractivity contribution in [3.63, 3.8) is 0 Å². The van der Waals surface area contributed by atoms with E-state index in [2.05, 4.69) is 9.97 Å². The number of hydrogen-bond donors (Lipinski definition) is 1. The number of hydrogen-bond acceptors (Lipinski definition) is 1. The fourth-order valence-electron chi connectivity index (χ4n) is 1.29. The monoisotopic (exact) mass is 164 g/mol. The number of para-hydroxylation sites is 1. The summed E-state index contributed by atoms with van der Waals surface area (Å²) in [4.78, 5) is 7.00. The van der Waals surface area contributed by atoms with Crippen LogP contribution in [0.3, 0.4) is 0 Å². The maximum Gasteiger partial charge on any atom is 0.147 e. The summed E-state index contributed by atoms with van der Waals surface area (Å²) in [5.41, 5.74) is 2.84. The van der Waals surface area contributed by atoms with Crippen molar-refractivity contribution in [2.45, 2.75) is 13.6 Å². The SMILES string of the molecule is Cc1cccc2[nH]c(CF)nc12. The number of nitrogens with one attached hydrogen (secondary N) is 1. The van der Waals surface area contributed by atoms with Crippen LogP contribution in [0.1, 0.15) is 11.4 Å². The van der Waals surface area contributed by atoms with E-state index in [0.717, 1.165) is 16.6 Å². The third-order valence-corrected chi connectivity index (χ3v) is 1.89. The molecule has 2 nitrogen and oxygen atoms in total. The van der Waals surface area contributed by atoms with E-state index in [1.54, 1.807) is 0 Å². The summed E-state index contributed by atoms with van der Waals surface area (Å²) in [5.74, 6) is 0.402. The Bertz CT molecular complexity index is 406. The second-order valence-electron chi connectivity index (χ2n) is 2.79. The zero-order chi connectivity index (χ0) is 8.55. The van der Waals surface area contributed by atoms with Crippen LogP contribution in [0, 0.1) is 6.92 Å². The highest BCUT2D eigenvalue weighted by Gasteiger charge is 2.02. The Hall–Kier alpha value is -1.38. The lowest BCUT2D eigenvalue weighted by Gasteiger charge is -1.90. The Kier molecular flexibility index (Phi) is 1.57. The van der Waals surface area contributed by atoms with E-state index < -0.39 is 6.67 Å². The summed E-state index contributed by atoms with van der Waals surface area (Å²) >= 11 is 0. The van der Waals surface area contributed by atoms with Gasteiger partial charge in [-0.05, 0) is 18.6 Å². The Labute approximate surface area is 69.4 Å². The van der Waals surface area contributed by atoms with Crippen LogP contribution in [-0.2, 0) is 6.67 Å². The zero-order valence-corrected chi connectivity index (χ0v) is 6.76. The molecular formula is C9H9FN2. The van der Waals surface area contributed by atoms with Gasteiger partial charge in [-0.3, -0.25) is 0 Å². The second kappa shape index (κ2) is 2.59. The number of aromatic nitrogens is 2. The lowest BCUT2D eigenvalue weighted by molar-refractivity contribution is 0.469. The first-order valence-electron chi connectivity index (χ1n) is 3.81. The second-order valence-corrected chi connectivity index (χ2v) is 2.79. The van der Waals surface area contributed by atoms with Gasteiger partial charge in [-0.1, -0.05) is 12.1 Å². The van der Waals surface area contributed by atoms with E-state index in [9.17, 15) is 4.39 Å². The fraction of sp³-hybridized carbons (Fsp3) is 0.222. The highest BCUT2D eigenvalue weighted by atomic mass is 19.1. The molecule has 0 atom stereocenters. The third-order valence-electron chi connectivity index (χ3n) is 1.89. The lowest BCUT2D eigenvalue weighted by Crippen LogP contribution is -1.78. The minimum Gasteiger partial charge on any atom is -0.340 e. The quantitative estimate of drug-likeness (QED) is 0.688. The molecule has 1 heterocycles. The number of halogens is 1. The fourth-order valence-corrected chi connectivity index (χ4v) is 1.29. The van der Waals surface area contributed by atoms with Gasteiger partial charge in [0.15, 0.2) is 0 Å². The average Bonchev–Trinajstić information content (AvgIpc) is 2.49. The molecule has 0 aliphatic rings. The zero-order valence-electron chi connectivity index (χ0n) is 6.76. The van der Waals surface area contributed by atoms with Gasteiger partial charge in [0.25, 0.3) is 0 Å². The first-order chi connectivity index (χ1) is 5.81. The van der Waals surface area contributed by atoms with Crippen molar-refractivity contribution in [1.29, 1.82) is 0 Å². The first kappa shape index (κ1) is 7.28. The molecule has 12 heavy (non-hydrogen) atoms. The number of aromatic amines is 1. The van der Waals surface area contributed by atoms with Crippen molar-refractivity contribution in [3.8, 4) is 0 Å². The van der Waals surface area contributed by atoms with Crippen LogP contribution in [-0.4, -0.2) is 9.97 Å². The predicted octanol–water partition coefficient (Wildman–Crippen LogP) is 2.34. The maximum atomic E-state index is 12.2. The number of aryl methyl sites for hydroxylation is 1. The molecule has 0 aliphatic carbocycles. The van der Waals surface area contributed by atoms with Crippen LogP contribution in [0.5, 0.6) is 0 Å². The van der Waals surface area contributed by atoms with Crippen molar-refractivity contribution in [1.82, 2.24) is 9.97 Å². The van der Waals surface area contributed by atoms with E-state index in [4.69, 9.17) is 0 Å². The molecule has 0 aliphatic heterocycles. The normalized spacial score (nSPS) is 10.8. The largest absolute Gasteiger partial charge is 0.340 e. The van der Waals surface area contributed by atoms with Crippen LogP contribution in [0.2, 0.25) is 0 Å². The molecule has 2 aromatic rings. The highest BCUT2D eigenvalue weighted by Crippen LogP contribution is 2.15. The molecule has 0 saturated heterocycles. The Morgan fingerprint density at radius 1 is 1.50 bits per heavy atom. The standard InChI is InChI=1S/C9H9FN2/c1-6-3-2-4-7-9(6)12-8(5-10)11-7/h2-4H,5H2,1H3,(H,11,12). The minimum absolute atomic E-state index is 0.402.